The van der Waals surface area contributed by atoms with Crippen LogP contribution >= 0.6 is 22.7 Å². The molecule has 3 heterocycles. The van der Waals surface area contributed by atoms with E-state index >= 15 is 0 Å². The van der Waals surface area contributed by atoms with E-state index in [9.17, 15) is 18.5 Å². The van der Waals surface area contributed by atoms with Crippen LogP contribution in [0.15, 0.2) is 21.7 Å². The van der Waals surface area contributed by atoms with Gasteiger partial charge in [-0.1, -0.05) is 18.9 Å². The number of nitrogens with zero attached hydrogens (tertiary/aromatic N) is 2. The van der Waals surface area contributed by atoms with Gasteiger partial charge in [-0.15, -0.1) is 22.7 Å². The van der Waals surface area contributed by atoms with Crippen LogP contribution in [0.3, 0.4) is 0 Å². The van der Waals surface area contributed by atoms with Crippen LogP contribution < -0.4 is 5.32 Å². The van der Waals surface area contributed by atoms with Gasteiger partial charge in [-0.05, 0) is 55.5 Å². The Hall–Kier alpha value is -1.73. The summed E-state index contributed by atoms with van der Waals surface area (Å²) in [5.41, 5.74) is 1.63. The number of thiophene rings is 2. The van der Waals surface area contributed by atoms with E-state index < -0.39 is 16.1 Å². The Bertz CT molecular complexity index is 1040. The zero-order chi connectivity index (χ0) is 20.4. The number of amides is 1. The van der Waals surface area contributed by atoms with E-state index in [0.717, 1.165) is 50.5 Å². The van der Waals surface area contributed by atoms with Crippen molar-refractivity contribution in [2.45, 2.75) is 61.6 Å². The second-order valence-corrected chi connectivity index (χ2v) is 11.6. The first kappa shape index (κ1) is 20.5. The first-order valence-corrected chi connectivity index (χ1v) is 13.1. The van der Waals surface area contributed by atoms with Crippen LogP contribution in [0, 0.1) is 11.3 Å². The molecule has 0 bridgehead atoms. The molecule has 2 aliphatic rings. The number of hydrogen-bond acceptors (Lipinski definition) is 6. The number of hydrogen-bond donors (Lipinski definition) is 1. The summed E-state index contributed by atoms with van der Waals surface area (Å²) in [4.78, 5) is 14.3. The molecule has 1 unspecified atom stereocenters. The second kappa shape index (κ2) is 8.56. The topological polar surface area (TPSA) is 90.3 Å². The number of fused-ring (bicyclic) bond motifs is 1. The maximum atomic E-state index is 13.1. The lowest BCUT2D eigenvalue weighted by Crippen LogP contribution is -2.49. The normalized spacial score (nSPS) is 20.4. The first-order valence-electron chi connectivity index (χ1n) is 9.93. The Morgan fingerprint density at radius 3 is 2.79 bits per heavy atom. The van der Waals surface area contributed by atoms with Gasteiger partial charge >= 0.3 is 0 Å². The highest BCUT2D eigenvalue weighted by molar-refractivity contribution is 7.91. The molecule has 1 N–H and O–H groups in total. The first-order chi connectivity index (χ1) is 14.0. The SMILES string of the molecule is N#Cc1c(NC(=O)C2CCCCN2S(=O)(=O)c2cccs2)sc2c1CCCCC2. The molecule has 1 aliphatic heterocycles. The largest absolute Gasteiger partial charge is 0.315 e. The summed E-state index contributed by atoms with van der Waals surface area (Å²) in [6.45, 7) is 0.338. The highest BCUT2D eigenvalue weighted by atomic mass is 32.2. The summed E-state index contributed by atoms with van der Waals surface area (Å²) in [7, 11) is -3.70. The van der Waals surface area contributed by atoms with Crippen LogP contribution in [0.4, 0.5) is 5.00 Å². The third kappa shape index (κ3) is 3.99. The van der Waals surface area contributed by atoms with Gasteiger partial charge in [-0.2, -0.15) is 9.57 Å². The molecule has 29 heavy (non-hydrogen) atoms. The number of anilines is 1. The number of carbonyl (C=O) groups excluding carboxylic acids is 1. The van der Waals surface area contributed by atoms with Gasteiger partial charge in [0.2, 0.25) is 5.91 Å². The molecule has 0 aromatic carbocycles. The minimum absolute atomic E-state index is 0.262. The number of piperidine rings is 1. The molecule has 0 spiro atoms. The van der Waals surface area contributed by atoms with Gasteiger partial charge in [0.25, 0.3) is 10.0 Å². The Morgan fingerprint density at radius 1 is 1.21 bits per heavy atom. The standard InChI is InChI=1S/C20H23N3O3S3/c21-13-15-14-7-2-1-3-9-17(14)28-20(15)22-19(24)16-8-4-5-11-23(16)29(25,26)18-10-6-12-27-18/h6,10,12,16H,1-5,7-9,11H2,(H,22,24). The molecule has 1 fully saturated rings. The summed E-state index contributed by atoms with van der Waals surface area (Å²) in [5.74, 6) is -0.335. The van der Waals surface area contributed by atoms with E-state index in [-0.39, 0.29) is 10.1 Å². The Kier molecular flexibility index (Phi) is 6.06. The van der Waals surface area contributed by atoms with Crippen LogP contribution in [0.5, 0.6) is 0 Å². The number of rotatable bonds is 4. The molecule has 154 valence electrons. The van der Waals surface area contributed by atoms with E-state index in [2.05, 4.69) is 11.4 Å². The van der Waals surface area contributed by atoms with Gasteiger partial charge in [0.15, 0.2) is 0 Å². The number of aryl methyl sites for hydroxylation is 1. The van der Waals surface area contributed by atoms with Gasteiger partial charge in [-0.3, -0.25) is 4.79 Å². The number of nitrogens with one attached hydrogen (secondary N) is 1. The average molecular weight is 450 g/mol. The van der Waals surface area contributed by atoms with Crippen molar-refractivity contribution in [2.75, 3.05) is 11.9 Å². The van der Waals surface area contributed by atoms with Crippen LogP contribution in [0.25, 0.3) is 0 Å². The van der Waals surface area contributed by atoms with Crippen LogP contribution in [0.2, 0.25) is 0 Å². The molecular formula is C20H23N3O3S3. The van der Waals surface area contributed by atoms with Crippen molar-refractivity contribution in [1.29, 1.82) is 5.26 Å². The molecule has 2 aromatic heterocycles. The lowest BCUT2D eigenvalue weighted by molar-refractivity contribution is -0.120. The van der Waals surface area contributed by atoms with Crippen LogP contribution in [0.1, 0.15) is 54.5 Å². The molecule has 0 radical (unpaired) electrons. The maximum Gasteiger partial charge on any atom is 0.253 e. The third-order valence-corrected chi connectivity index (χ3v) is 10.1. The van der Waals surface area contributed by atoms with Gasteiger partial charge < -0.3 is 5.32 Å². The van der Waals surface area contributed by atoms with Gasteiger partial charge in [-0.25, -0.2) is 8.42 Å². The van der Waals surface area contributed by atoms with Crippen LogP contribution in [-0.4, -0.2) is 31.2 Å². The van der Waals surface area contributed by atoms with Gasteiger partial charge in [0, 0.05) is 11.4 Å². The molecule has 1 atom stereocenters. The number of carbonyl (C=O) groups is 1. The number of sulfonamides is 1. The maximum absolute atomic E-state index is 13.1. The highest BCUT2D eigenvalue weighted by Gasteiger charge is 2.38. The second-order valence-electron chi connectivity index (χ2n) is 7.43. The van der Waals surface area contributed by atoms with Gasteiger partial charge in [0.1, 0.15) is 21.3 Å². The lowest BCUT2D eigenvalue weighted by Gasteiger charge is -2.33. The van der Waals surface area contributed by atoms with Crippen molar-refractivity contribution in [1.82, 2.24) is 4.31 Å². The molecule has 4 rings (SSSR count). The van der Waals surface area contributed by atoms with Gasteiger partial charge in [0.05, 0.1) is 5.56 Å². The van der Waals surface area contributed by atoms with Crippen molar-refractivity contribution < 1.29 is 13.2 Å². The average Bonchev–Trinajstić information content (AvgIpc) is 3.31. The van der Waals surface area contributed by atoms with Crippen molar-refractivity contribution >= 4 is 43.6 Å². The molecule has 0 saturated carbocycles. The summed E-state index contributed by atoms with van der Waals surface area (Å²) >= 11 is 2.64. The van der Waals surface area contributed by atoms with Crippen molar-refractivity contribution in [3.05, 3.63) is 33.5 Å². The molecule has 6 nitrogen and oxygen atoms in total. The zero-order valence-corrected chi connectivity index (χ0v) is 18.5. The number of nitriles is 1. The van der Waals surface area contributed by atoms with E-state index in [1.807, 2.05) is 0 Å². The minimum Gasteiger partial charge on any atom is -0.315 e. The van der Waals surface area contributed by atoms with E-state index in [0.29, 0.717) is 23.5 Å². The molecular weight excluding hydrogens is 426 g/mol. The Balaban J connectivity index is 1.60. The molecule has 9 heteroatoms. The summed E-state index contributed by atoms with van der Waals surface area (Å²) in [6.07, 6.45) is 7.16. The summed E-state index contributed by atoms with van der Waals surface area (Å²) in [6, 6.07) is 4.80. The van der Waals surface area contributed by atoms with Crippen molar-refractivity contribution in [2.24, 2.45) is 0 Å². The summed E-state index contributed by atoms with van der Waals surface area (Å²) in [5, 5.41) is 14.9. The van der Waals surface area contributed by atoms with Crippen molar-refractivity contribution in [3.63, 3.8) is 0 Å². The smallest absolute Gasteiger partial charge is 0.253 e. The minimum atomic E-state index is -3.70. The predicted octanol–water partition coefficient (Wildman–Crippen LogP) is 4.13. The summed E-state index contributed by atoms with van der Waals surface area (Å²) < 4.78 is 27.7. The fraction of sp³-hybridized carbons (Fsp3) is 0.500. The molecule has 1 amide bonds. The lowest BCUT2D eigenvalue weighted by atomic mass is 10.0. The van der Waals surface area contributed by atoms with Crippen LogP contribution in [-0.2, 0) is 27.7 Å². The molecule has 1 aliphatic carbocycles. The van der Waals surface area contributed by atoms with Crippen molar-refractivity contribution in [3.8, 4) is 6.07 Å². The third-order valence-electron chi connectivity index (χ3n) is 5.58. The monoisotopic (exact) mass is 449 g/mol. The van der Waals surface area contributed by atoms with E-state index in [1.54, 1.807) is 17.5 Å². The Labute approximate surface area is 179 Å². The zero-order valence-electron chi connectivity index (χ0n) is 16.0. The molecule has 2 aromatic rings. The molecule has 1 saturated heterocycles. The quantitative estimate of drug-likeness (QED) is 0.711. The Morgan fingerprint density at radius 2 is 2.03 bits per heavy atom. The predicted molar refractivity (Wildman–Crippen MR) is 115 cm³/mol. The van der Waals surface area contributed by atoms with E-state index in [4.69, 9.17) is 0 Å². The fourth-order valence-electron chi connectivity index (χ4n) is 4.12. The van der Waals surface area contributed by atoms with E-state index in [1.165, 1.54) is 31.9 Å². The fourth-order valence-corrected chi connectivity index (χ4v) is 8.14. The highest BCUT2D eigenvalue weighted by Crippen LogP contribution is 2.37.